The van der Waals surface area contributed by atoms with Crippen molar-refractivity contribution in [2.24, 2.45) is 5.92 Å². The second-order valence-corrected chi connectivity index (χ2v) is 5.45. The third-order valence-corrected chi connectivity index (χ3v) is 3.39. The van der Waals surface area contributed by atoms with Crippen LogP contribution in [0, 0.1) is 5.92 Å². The number of aliphatic hydroxyl groups is 1. The number of carbonyl (C=O) groups is 1. The van der Waals surface area contributed by atoms with E-state index in [-0.39, 0.29) is 37.4 Å². The maximum atomic E-state index is 11.7. The van der Waals surface area contributed by atoms with Crippen LogP contribution in [0.1, 0.15) is 6.92 Å². The van der Waals surface area contributed by atoms with Crippen LogP contribution in [0.3, 0.4) is 0 Å². The van der Waals surface area contributed by atoms with E-state index in [0.29, 0.717) is 12.3 Å². The Morgan fingerprint density at radius 2 is 2.05 bits per heavy atom. The van der Waals surface area contributed by atoms with Crippen LogP contribution in [0.25, 0.3) is 0 Å². The molecule has 5 nitrogen and oxygen atoms in total. The summed E-state index contributed by atoms with van der Waals surface area (Å²) in [6, 6.07) is 7.41. The molecule has 0 saturated heterocycles. The Labute approximate surface area is 140 Å². The Kier molecular flexibility index (Phi) is 10.4. The van der Waals surface area contributed by atoms with E-state index in [9.17, 15) is 9.90 Å². The molecular weight excluding hydrogens is 360 g/mol. The average Bonchev–Trinajstić information content (AvgIpc) is 2.44. The predicted octanol–water partition coefficient (Wildman–Crippen LogP) is 1.58. The van der Waals surface area contributed by atoms with E-state index in [1.807, 2.05) is 31.2 Å². The molecule has 0 radical (unpaired) electrons. The summed E-state index contributed by atoms with van der Waals surface area (Å²) < 4.78 is 6.31. The summed E-state index contributed by atoms with van der Waals surface area (Å²) in [5.41, 5.74) is 0. The third-order valence-electron chi connectivity index (χ3n) is 2.74. The number of para-hydroxylation sites is 1. The Morgan fingerprint density at radius 3 is 2.67 bits per heavy atom. The first-order valence-electron chi connectivity index (χ1n) is 6.52. The minimum atomic E-state index is -0.743. The lowest BCUT2D eigenvalue weighted by Gasteiger charge is -2.16. The highest BCUT2D eigenvalue weighted by atomic mass is 79.9. The molecule has 2 atom stereocenters. The number of rotatable bonds is 8. The van der Waals surface area contributed by atoms with E-state index in [1.54, 1.807) is 7.05 Å². The molecule has 1 amide bonds. The zero-order valence-electron chi connectivity index (χ0n) is 12.1. The topological polar surface area (TPSA) is 70.6 Å². The van der Waals surface area contributed by atoms with E-state index >= 15 is 0 Å². The Bertz CT molecular complexity index is 434. The zero-order chi connectivity index (χ0) is 15.0. The van der Waals surface area contributed by atoms with Crippen molar-refractivity contribution in [3.8, 4) is 5.75 Å². The highest BCUT2D eigenvalue weighted by Gasteiger charge is 2.13. The van der Waals surface area contributed by atoms with Gasteiger partial charge in [0.25, 0.3) is 0 Å². The van der Waals surface area contributed by atoms with Crippen molar-refractivity contribution < 1.29 is 14.6 Å². The fourth-order valence-electron chi connectivity index (χ4n) is 1.60. The molecule has 1 rings (SSSR count). The number of carbonyl (C=O) groups excluding carboxylic acids is 1. The van der Waals surface area contributed by atoms with E-state index in [2.05, 4.69) is 26.6 Å². The minimum absolute atomic E-state index is 0. The molecule has 1 aromatic carbocycles. The van der Waals surface area contributed by atoms with Crippen molar-refractivity contribution in [1.82, 2.24) is 10.6 Å². The van der Waals surface area contributed by atoms with Gasteiger partial charge in [0.05, 0.1) is 4.47 Å². The maximum Gasteiger partial charge on any atom is 0.224 e. The lowest BCUT2D eigenvalue weighted by molar-refractivity contribution is -0.124. The van der Waals surface area contributed by atoms with Gasteiger partial charge in [-0.3, -0.25) is 4.79 Å². The highest BCUT2D eigenvalue weighted by Crippen LogP contribution is 2.23. The molecule has 7 heteroatoms. The van der Waals surface area contributed by atoms with Crippen LogP contribution in [0.15, 0.2) is 28.7 Å². The van der Waals surface area contributed by atoms with Gasteiger partial charge in [0.1, 0.15) is 18.5 Å². The molecule has 0 bridgehead atoms. The first-order valence-corrected chi connectivity index (χ1v) is 7.31. The quantitative estimate of drug-likeness (QED) is 0.639. The number of halogens is 2. The monoisotopic (exact) mass is 380 g/mol. The van der Waals surface area contributed by atoms with Gasteiger partial charge < -0.3 is 20.5 Å². The van der Waals surface area contributed by atoms with E-state index in [1.165, 1.54) is 0 Å². The summed E-state index contributed by atoms with van der Waals surface area (Å²) >= 11 is 3.36. The molecule has 0 heterocycles. The van der Waals surface area contributed by atoms with Crippen LogP contribution in [-0.4, -0.2) is 43.9 Å². The average molecular weight is 382 g/mol. The van der Waals surface area contributed by atoms with E-state index in [0.717, 1.165) is 4.47 Å². The second kappa shape index (κ2) is 10.8. The molecule has 120 valence electrons. The van der Waals surface area contributed by atoms with Crippen LogP contribution >= 0.6 is 28.3 Å². The minimum Gasteiger partial charge on any atom is -0.490 e. The van der Waals surface area contributed by atoms with Crippen molar-refractivity contribution in [2.75, 3.05) is 26.7 Å². The van der Waals surface area contributed by atoms with Gasteiger partial charge in [0, 0.05) is 19.0 Å². The lowest BCUT2D eigenvalue weighted by atomic mass is 10.1. The van der Waals surface area contributed by atoms with Crippen LogP contribution in [0.5, 0.6) is 5.75 Å². The van der Waals surface area contributed by atoms with Gasteiger partial charge in [0.15, 0.2) is 0 Å². The van der Waals surface area contributed by atoms with Gasteiger partial charge in [-0.15, -0.1) is 12.4 Å². The van der Waals surface area contributed by atoms with Gasteiger partial charge in [-0.2, -0.15) is 0 Å². The Hall–Kier alpha value is -0.820. The van der Waals surface area contributed by atoms with Crippen molar-refractivity contribution in [3.05, 3.63) is 28.7 Å². The van der Waals surface area contributed by atoms with Gasteiger partial charge in [-0.1, -0.05) is 19.1 Å². The molecular formula is C14H22BrClN2O3. The number of ether oxygens (including phenoxy) is 1. The fourth-order valence-corrected chi connectivity index (χ4v) is 2.00. The number of hydrogen-bond donors (Lipinski definition) is 3. The summed E-state index contributed by atoms with van der Waals surface area (Å²) in [5, 5.41) is 15.4. The largest absolute Gasteiger partial charge is 0.490 e. The molecule has 0 fully saturated rings. The molecule has 0 aliphatic rings. The van der Waals surface area contributed by atoms with E-state index in [4.69, 9.17) is 4.74 Å². The molecule has 0 saturated carbocycles. The first kappa shape index (κ1) is 20.2. The van der Waals surface area contributed by atoms with Crippen molar-refractivity contribution >= 4 is 34.2 Å². The smallest absolute Gasteiger partial charge is 0.224 e. The number of amides is 1. The van der Waals surface area contributed by atoms with Crippen molar-refractivity contribution in [2.45, 2.75) is 13.0 Å². The van der Waals surface area contributed by atoms with Crippen molar-refractivity contribution in [1.29, 1.82) is 0 Å². The number of nitrogens with one attached hydrogen (secondary N) is 2. The highest BCUT2D eigenvalue weighted by molar-refractivity contribution is 9.10. The lowest BCUT2D eigenvalue weighted by Crippen LogP contribution is -2.40. The molecule has 0 aliphatic carbocycles. The van der Waals surface area contributed by atoms with Crippen LogP contribution in [-0.2, 0) is 4.79 Å². The summed E-state index contributed by atoms with van der Waals surface area (Å²) in [6.45, 7) is 2.74. The van der Waals surface area contributed by atoms with Gasteiger partial charge in [-0.05, 0) is 35.1 Å². The van der Waals surface area contributed by atoms with Gasteiger partial charge in [0.2, 0.25) is 5.91 Å². The summed E-state index contributed by atoms with van der Waals surface area (Å²) in [4.78, 5) is 11.7. The number of aliphatic hydroxyl groups excluding tert-OH is 1. The Morgan fingerprint density at radius 1 is 1.38 bits per heavy atom. The Balaban J connectivity index is 0.00000400. The molecule has 1 aromatic rings. The summed E-state index contributed by atoms with van der Waals surface area (Å²) in [5.74, 6) is 0.456. The molecule has 0 aromatic heterocycles. The summed E-state index contributed by atoms with van der Waals surface area (Å²) in [7, 11) is 1.80. The number of hydrogen-bond acceptors (Lipinski definition) is 4. The molecule has 0 aliphatic heterocycles. The van der Waals surface area contributed by atoms with Crippen LogP contribution in [0.4, 0.5) is 0 Å². The molecule has 21 heavy (non-hydrogen) atoms. The normalized spacial score (nSPS) is 13.0. The van der Waals surface area contributed by atoms with Crippen molar-refractivity contribution in [3.63, 3.8) is 0 Å². The number of benzene rings is 1. The van der Waals surface area contributed by atoms with Crippen LogP contribution < -0.4 is 15.4 Å². The van der Waals surface area contributed by atoms with Gasteiger partial charge >= 0.3 is 0 Å². The van der Waals surface area contributed by atoms with E-state index < -0.39 is 6.10 Å². The standard InChI is InChI=1S/C14H21BrN2O3.ClH/c1-10(7-16-2)14(19)17-8-11(18)9-20-13-6-4-3-5-12(13)15;/h3-6,10-11,16,18H,7-9H2,1-2H3,(H,17,19);1H. The summed E-state index contributed by atoms with van der Waals surface area (Å²) in [6.07, 6.45) is -0.743. The van der Waals surface area contributed by atoms with Crippen LogP contribution in [0.2, 0.25) is 0 Å². The molecule has 3 N–H and O–H groups in total. The predicted molar refractivity (Wildman–Crippen MR) is 89.0 cm³/mol. The zero-order valence-corrected chi connectivity index (χ0v) is 14.5. The first-order chi connectivity index (χ1) is 9.54. The molecule has 2 unspecified atom stereocenters. The third kappa shape index (κ3) is 7.66. The maximum absolute atomic E-state index is 11.7. The fraction of sp³-hybridized carbons (Fsp3) is 0.500. The molecule has 0 spiro atoms. The van der Waals surface area contributed by atoms with Gasteiger partial charge in [-0.25, -0.2) is 0 Å². The second-order valence-electron chi connectivity index (χ2n) is 4.60. The SMILES string of the molecule is CNCC(C)C(=O)NCC(O)COc1ccccc1Br.Cl.